The Labute approximate surface area is 169 Å². The topological polar surface area (TPSA) is 75.4 Å². The number of hydrogen-bond donors (Lipinski definition) is 1. The van der Waals surface area contributed by atoms with Crippen molar-refractivity contribution in [2.75, 3.05) is 0 Å². The van der Waals surface area contributed by atoms with Gasteiger partial charge in [-0.2, -0.15) is 0 Å². The van der Waals surface area contributed by atoms with E-state index in [2.05, 4.69) is 10.3 Å². The lowest BCUT2D eigenvalue weighted by Crippen LogP contribution is -2.41. The van der Waals surface area contributed by atoms with Gasteiger partial charge in [0.05, 0.1) is 6.20 Å². The Balaban J connectivity index is 1.59. The number of rotatable bonds is 4. The number of imide groups is 1. The van der Waals surface area contributed by atoms with E-state index in [4.69, 9.17) is 16.0 Å². The maximum Gasteiger partial charge on any atom is 0.325 e. The number of halogens is 3. The average Bonchev–Trinajstić information content (AvgIpc) is 3.24. The zero-order chi connectivity index (χ0) is 20.8. The molecule has 148 valence electrons. The molecule has 3 aromatic rings. The number of benzene rings is 2. The number of nitrogens with zero attached hydrogens (tertiary/aromatic N) is 2. The molecule has 1 atom stereocenters. The molecule has 1 N–H and O–H groups in total. The predicted molar refractivity (Wildman–Crippen MR) is 99.7 cm³/mol. The van der Waals surface area contributed by atoms with E-state index in [1.165, 1.54) is 13.1 Å². The second kappa shape index (κ2) is 6.97. The largest absolute Gasteiger partial charge is 0.439 e. The fourth-order valence-corrected chi connectivity index (χ4v) is 3.30. The van der Waals surface area contributed by atoms with Gasteiger partial charge in [-0.15, -0.1) is 0 Å². The van der Waals surface area contributed by atoms with Crippen LogP contribution in [0.2, 0.25) is 5.02 Å². The molecule has 1 fully saturated rings. The molecule has 1 aromatic heterocycles. The van der Waals surface area contributed by atoms with Gasteiger partial charge < -0.3 is 9.73 Å². The molecule has 4 rings (SSSR count). The number of urea groups is 1. The number of nitrogens with one attached hydrogen (secondary N) is 1. The molecule has 1 saturated heterocycles. The number of aromatic nitrogens is 1. The third-order valence-corrected chi connectivity index (χ3v) is 4.97. The average molecular weight is 418 g/mol. The van der Waals surface area contributed by atoms with Gasteiger partial charge in [0.25, 0.3) is 5.91 Å². The number of carbonyl (C=O) groups is 2. The van der Waals surface area contributed by atoms with E-state index < -0.39 is 29.1 Å². The molecule has 2 aromatic carbocycles. The maximum absolute atomic E-state index is 14.2. The zero-order valence-corrected chi connectivity index (χ0v) is 15.8. The van der Waals surface area contributed by atoms with Crippen molar-refractivity contribution in [3.05, 3.63) is 76.8 Å². The van der Waals surface area contributed by atoms with Crippen LogP contribution < -0.4 is 5.32 Å². The van der Waals surface area contributed by atoms with Gasteiger partial charge in [-0.25, -0.2) is 18.6 Å². The molecule has 1 aliphatic heterocycles. The highest BCUT2D eigenvalue weighted by Gasteiger charge is 2.50. The van der Waals surface area contributed by atoms with Crippen molar-refractivity contribution in [2.24, 2.45) is 0 Å². The number of amides is 3. The van der Waals surface area contributed by atoms with Crippen molar-refractivity contribution in [1.82, 2.24) is 15.2 Å². The summed E-state index contributed by atoms with van der Waals surface area (Å²) < 4.78 is 33.4. The van der Waals surface area contributed by atoms with E-state index in [0.717, 1.165) is 28.7 Å². The minimum atomic E-state index is -1.74. The van der Waals surface area contributed by atoms with Crippen LogP contribution in [-0.4, -0.2) is 21.8 Å². The maximum atomic E-state index is 14.2. The molecule has 0 saturated carbocycles. The van der Waals surface area contributed by atoms with Crippen molar-refractivity contribution < 1.29 is 22.8 Å². The Kier molecular flexibility index (Phi) is 4.58. The summed E-state index contributed by atoms with van der Waals surface area (Å²) in [4.78, 5) is 30.2. The number of carbonyl (C=O) groups excluding carboxylic acids is 2. The lowest BCUT2D eigenvalue weighted by Gasteiger charge is -2.22. The predicted octanol–water partition coefficient (Wildman–Crippen LogP) is 4.24. The molecule has 9 heteroatoms. The third kappa shape index (κ3) is 3.36. The van der Waals surface area contributed by atoms with Crippen LogP contribution in [0.15, 0.2) is 53.1 Å². The third-order valence-electron chi connectivity index (χ3n) is 4.72. The minimum Gasteiger partial charge on any atom is -0.439 e. The van der Waals surface area contributed by atoms with Crippen LogP contribution in [0.3, 0.4) is 0 Å². The first-order chi connectivity index (χ1) is 13.8. The summed E-state index contributed by atoms with van der Waals surface area (Å²) in [5.41, 5.74) is -1.28. The van der Waals surface area contributed by atoms with Crippen LogP contribution in [0, 0.1) is 11.6 Å². The van der Waals surface area contributed by atoms with Gasteiger partial charge in [-0.1, -0.05) is 11.6 Å². The molecule has 6 nitrogen and oxygen atoms in total. The standard InChI is InChI=1S/C20H14ClF2N3O3/c1-20(14-8-13(22)6-7-15(14)23)18(27)26(19(28)25-20)10-17-24-9-16(29-17)11-2-4-12(21)5-3-11/h2-9H,10H2,1H3,(H,25,28)/t20-/m1/s1. The smallest absolute Gasteiger partial charge is 0.325 e. The van der Waals surface area contributed by atoms with Gasteiger partial charge in [0.15, 0.2) is 5.76 Å². The lowest BCUT2D eigenvalue weighted by molar-refractivity contribution is -0.131. The summed E-state index contributed by atoms with van der Waals surface area (Å²) in [7, 11) is 0. The second-order valence-corrected chi connectivity index (χ2v) is 7.13. The van der Waals surface area contributed by atoms with Crippen molar-refractivity contribution in [3.63, 3.8) is 0 Å². The Hall–Kier alpha value is -3.26. The number of oxazole rings is 1. The molecule has 0 bridgehead atoms. The highest BCUT2D eigenvalue weighted by molar-refractivity contribution is 6.30. The molecule has 0 aliphatic carbocycles. The lowest BCUT2D eigenvalue weighted by atomic mass is 9.91. The summed E-state index contributed by atoms with van der Waals surface area (Å²) in [5, 5.41) is 2.99. The van der Waals surface area contributed by atoms with Gasteiger partial charge in [0.2, 0.25) is 5.89 Å². The van der Waals surface area contributed by atoms with Crippen LogP contribution in [0.25, 0.3) is 11.3 Å². The first-order valence-corrected chi connectivity index (χ1v) is 8.96. The van der Waals surface area contributed by atoms with Gasteiger partial charge in [-0.05, 0) is 49.4 Å². The van der Waals surface area contributed by atoms with Gasteiger partial charge in [0, 0.05) is 16.1 Å². The van der Waals surface area contributed by atoms with Gasteiger partial charge in [-0.3, -0.25) is 9.69 Å². The van der Waals surface area contributed by atoms with Crippen LogP contribution in [0.4, 0.5) is 13.6 Å². The van der Waals surface area contributed by atoms with E-state index in [1.807, 2.05) is 0 Å². The molecule has 0 radical (unpaired) electrons. The van der Waals surface area contributed by atoms with E-state index in [0.29, 0.717) is 10.8 Å². The van der Waals surface area contributed by atoms with Crippen LogP contribution in [-0.2, 0) is 16.9 Å². The van der Waals surface area contributed by atoms with Crippen LogP contribution >= 0.6 is 11.6 Å². The van der Waals surface area contributed by atoms with Crippen LogP contribution in [0.5, 0.6) is 0 Å². The molecule has 2 heterocycles. The minimum absolute atomic E-state index is 0.113. The first kappa shape index (κ1) is 19.1. The van der Waals surface area contributed by atoms with Crippen molar-refractivity contribution in [1.29, 1.82) is 0 Å². The SMILES string of the molecule is C[C@]1(c2cc(F)ccc2F)NC(=O)N(Cc2ncc(-c3ccc(Cl)cc3)o2)C1=O. The van der Waals surface area contributed by atoms with E-state index in [9.17, 15) is 18.4 Å². The zero-order valence-electron chi connectivity index (χ0n) is 15.1. The van der Waals surface area contributed by atoms with Crippen molar-refractivity contribution >= 4 is 23.5 Å². The summed E-state index contributed by atoms with van der Waals surface area (Å²) in [6, 6.07) is 8.84. The molecule has 0 unspecified atom stereocenters. The van der Waals surface area contributed by atoms with E-state index in [1.54, 1.807) is 24.3 Å². The molecule has 3 amide bonds. The quantitative estimate of drug-likeness (QED) is 0.644. The highest BCUT2D eigenvalue weighted by atomic mass is 35.5. The Morgan fingerprint density at radius 1 is 1.17 bits per heavy atom. The summed E-state index contributed by atoms with van der Waals surface area (Å²) >= 11 is 5.86. The van der Waals surface area contributed by atoms with Crippen molar-refractivity contribution in [3.8, 4) is 11.3 Å². The van der Waals surface area contributed by atoms with E-state index >= 15 is 0 Å². The number of hydrogen-bond acceptors (Lipinski definition) is 4. The highest BCUT2D eigenvalue weighted by Crippen LogP contribution is 2.32. The molecular formula is C20H14ClF2N3O3. The van der Waals surface area contributed by atoms with Gasteiger partial charge >= 0.3 is 6.03 Å². The summed E-state index contributed by atoms with van der Waals surface area (Å²) in [5.74, 6) is -1.71. The normalized spacial score (nSPS) is 19.0. The second-order valence-electron chi connectivity index (χ2n) is 6.70. The summed E-state index contributed by atoms with van der Waals surface area (Å²) in [6.45, 7) is 1.06. The molecular weight excluding hydrogens is 404 g/mol. The Morgan fingerprint density at radius 3 is 2.62 bits per heavy atom. The molecule has 29 heavy (non-hydrogen) atoms. The summed E-state index contributed by atoms with van der Waals surface area (Å²) in [6.07, 6.45) is 1.46. The first-order valence-electron chi connectivity index (χ1n) is 8.58. The fraction of sp³-hybridized carbons (Fsp3) is 0.150. The van der Waals surface area contributed by atoms with Gasteiger partial charge in [0.1, 0.15) is 23.7 Å². The van der Waals surface area contributed by atoms with Crippen molar-refractivity contribution in [2.45, 2.75) is 19.0 Å². The molecule has 0 spiro atoms. The van der Waals surface area contributed by atoms with E-state index in [-0.39, 0.29) is 18.0 Å². The monoisotopic (exact) mass is 417 g/mol. The Bertz CT molecular complexity index is 1120. The fourth-order valence-electron chi connectivity index (χ4n) is 3.17. The van der Waals surface area contributed by atoms with Crippen LogP contribution in [0.1, 0.15) is 18.4 Å². The molecule has 1 aliphatic rings. The Morgan fingerprint density at radius 2 is 1.90 bits per heavy atom.